The molecule has 0 bridgehead atoms. The zero-order valence-electron chi connectivity index (χ0n) is 19.2. The molecule has 0 spiro atoms. The molecule has 1 N–H and O–H groups in total. The fraction of sp³-hybridized carbons (Fsp3) is 0.308. The van der Waals surface area contributed by atoms with Crippen LogP contribution in [-0.4, -0.2) is 26.0 Å². The highest BCUT2D eigenvalue weighted by Gasteiger charge is 2.39. The lowest BCUT2D eigenvalue weighted by Gasteiger charge is -2.34. The lowest BCUT2D eigenvalue weighted by molar-refractivity contribution is -0.136. The fourth-order valence-electron chi connectivity index (χ4n) is 4.54. The molecular weight excluding hydrogens is 522 g/mol. The zero-order chi connectivity index (χ0) is 24.4. The van der Waals surface area contributed by atoms with Gasteiger partial charge in [0, 0.05) is 39.3 Å². The van der Waals surface area contributed by atoms with Crippen LogP contribution < -0.4 is 14.8 Å². The van der Waals surface area contributed by atoms with E-state index in [0.29, 0.717) is 39.8 Å². The maximum absolute atomic E-state index is 13.0. The standard InChI is InChI=1S/C26H25BrClNO5/c1-14-23(26(31)33-3)24(25-19(29-14)5-4-6-20(25)30)15-7-9-21(32-2)16(11-15)13-34-22-10-8-17(27)12-18(22)28/h7-12,24,29H,4-6,13H2,1-3H3. The number of Topliss-reactive ketones (excluding diaryl/α,β-unsaturated/α-hetero) is 1. The number of allylic oxidation sites excluding steroid dienone is 3. The summed E-state index contributed by atoms with van der Waals surface area (Å²) < 4.78 is 17.5. The molecule has 0 aromatic heterocycles. The molecule has 34 heavy (non-hydrogen) atoms. The van der Waals surface area contributed by atoms with Crippen LogP contribution in [0.4, 0.5) is 0 Å². The number of benzene rings is 2. The molecule has 4 rings (SSSR count). The molecule has 0 amide bonds. The van der Waals surface area contributed by atoms with Crippen molar-refractivity contribution in [2.24, 2.45) is 0 Å². The Labute approximate surface area is 212 Å². The average molecular weight is 547 g/mol. The van der Waals surface area contributed by atoms with Crippen LogP contribution >= 0.6 is 27.5 Å². The largest absolute Gasteiger partial charge is 0.496 e. The summed E-state index contributed by atoms with van der Waals surface area (Å²) in [5.41, 5.74) is 4.20. The van der Waals surface area contributed by atoms with Crippen molar-refractivity contribution in [3.05, 3.63) is 79.6 Å². The maximum Gasteiger partial charge on any atom is 0.336 e. The van der Waals surface area contributed by atoms with E-state index < -0.39 is 11.9 Å². The van der Waals surface area contributed by atoms with E-state index >= 15 is 0 Å². The molecule has 1 heterocycles. The van der Waals surface area contributed by atoms with Crippen LogP contribution in [0.3, 0.4) is 0 Å². The Morgan fingerprint density at radius 3 is 2.62 bits per heavy atom. The highest BCUT2D eigenvalue weighted by molar-refractivity contribution is 9.10. The SMILES string of the molecule is COC(=O)C1=C(C)NC2=C(C(=O)CCC2)C1c1ccc(OC)c(COc2ccc(Br)cc2Cl)c1. The van der Waals surface area contributed by atoms with Crippen molar-refractivity contribution >= 4 is 39.3 Å². The van der Waals surface area contributed by atoms with Gasteiger partial charge in [-0.2, -0.15) is 0 Å². The first-order valence-corrected chi connectivity index (χ1v) is 12.1. The summed E-state index contributed by atoms with van der Waals surface area (Å²) in [6, 6.07) is 11.0. The smallest absolute Gasteiger partial charge is 0.336 e. The normalized spacial score (nSPS) is 17.8. The first-order valence-electron chi connectivity index (χ1n) is 10.9. The van der Waals surface area contributed by atoms with Crippen LogP contribution in [0.1, 0.15) is 43.2 Å². The van der Waals surface area contributed by atoms with E-state index in [2.05, 4.69) is 21.2 Å². The van der Waals surface area contributed by atoms with E-state index in [4.69, 9.17) is 25.8 Å². The number of nitrogens with one attached hydrogen (secondary N) is 1. The second kappa shape index (κ2) is 10.2. The summed E-state index contributed by atoms with van der Waals surface area (Å²) >= 11 is 9.70. The summed E-state index contributed by atoms with van der Waals surface area (Å²) in [6.45, 7) is 2.03. The predicted molar refractivity (Wildman–Crippen MR) is 133 cm³/mol. The molecule has 0 saturated carbocycles. The molecule has 178 valence electrons. The molecule has 1 aliphatic carbocycles. The Morgan fingerprint density at radius 1 is 1.15 bits per heavy atom. The third-order valence-corrected chi connectivity index (χ3v) is 6.88. The number of halogens is 2. The van der Waals surface area contributed by atoms with Gasteiger partial charge in [0.25, 0.3) is 0 Å². The number of hydrogen-bond acceptors (Lipinski definition) is 6. The van der Waals surface area contributed by atoms with E-state index in [0.717, 1.165) is 34.1 Å². The van der Waals surface area contributed by atoms with Crippen molar-refractivity contribution in [1.82, 2.24) is 5.32 Å². The highest BCUT2D eigenvalue weighted by atomic mass is 79.9. The van der Waals surface area contributed by atoms with Gasteiger partial charge in [-0.3, -0.25) is 4.79 Å². The number of ketones is 1. The summed E-state index contributed by atoms with van der Waals surface area (Å²) in [7, 11) is 2.94. The molecule has 1 atom stereocenters. The minimum absolute atomic E-state index is 0.0444. The average Bonchev–Trinajstić information content (AvgIpc) is 2.82. The van der Waals surface area contributed by atoms with E-state index in [1.165, 1.54) is 7.11 Å². The molecular formula is C26H25BrClNO5. The molecule has 8 heteroatoms. The van der Waals surface area contributed by atoms with Crippen molar-refractivity contribution in [3.63, 3.8) is 0 Å². The maximum atomic E-state index is 13.0. The van der Waals surface area contributed by atoms with Gasteiger partial charge in [0.1, 0.15) is 18.1 Å². The van der Waals surface area contributed by atoms with Crippen molar-refractivity contribution in [2.75, 3.05) is 14.2 Å². The van der Waals surface area contributed by atoms with Crippen molar-refractivity contribution in [2.45, 2.75) is 38.7 Å². The molecule has 1 unspecified atom stereocenters. The Balaban J connectivity index is 1.76. The van der Waals surface area contributed by atoms with Crippen LogP contribution in [-0.2, 0) is 20.9 Å². The Bertz CT molecular complexity index is 1220. The van der Waals surface area contributed by atoms with Crippen LogP contribution in [0.25, 0.3) is 0 Å². The molecule has 0 fully saturated rings. The van der Waals surface area contributed by atoms with Crippen LogP contribution in [0, 0.1) is 0 Å². The van der Waals surface area contributed by atoms with Crippen molar-refractivity contribution in [3.8, 4) is 11.5 Å². The van der Waals surface area contributed by atoms with Gasteiger partial charge in [0.05, 0.1) is 24.8 Å². The van der Waals surface area contributed by atoms with Gasteiger partial charge in [-0.15, -0.1) is 0 Å². The van der Waals surface area contributed by atoms with Gasteiger partial charge in [-0.05, 0) is 55.7 Å². The zero-order valence-corrected chi connectivity index (χ0v) is 21.5. The Hall–Kier alpha value is -2.77. The van der Waals surface area contributed by atoms with Gasteiger partial charge in [0.2, 0.25) is 0 Å². The third kappa shape index (κ3) is 4.72. The second-order valence-corrected chi connectivity index (χ2v) is 9.51. The number of carbonyl (C=O) groups is 2. The molecule has 2 aromatic rings. The van der Waals surface area contributed by atoms with Gasteiger partial charge < -0.3 is 19.5 Å². The van der Waals surface area contributed by atoms with Gasteiger partial charge in [-0.1, -0.05) is 33.6 Å². The number of methoxy groups -OCH3 is 2. The van der Waals surface area contributed by atoms with Crippen LogP contribution in [0.5, 0.6) is 11.5 Å². The third-order valence-electron chi connectivity index (χ3n) is 6.10. The minimum Gasteiger partial charge on any atom is -0.496 e. The summed E-state index contributed by atoms with van der Waals surface area (Å²) in [5, 5.41) is 3.76. The van der Waals surface area contributed by atoms with Crippen LogP contribution in [0.2, 0.25) is 5.02 Å². The highest BCUT2D eigenvalue weighted by Crippen LogP contribution is 2.43. The second-order valence-electron chi connectivity index (χ2n) is 8.19. The van der Waals surface area contributed by atoms with E-state index in [1.54, 1.807) is 19.2 Å². The molecule has 2 aliphatic rings. The van der Waals surface area contributed by atoms with E-state index in [9.17, 15) is 9.59 Å². The van der Waals surface area contributed by atoms with Crippen molar-refractivity contribution in [1.29, 1.82) is 0 Å². The number of hydrogen-bond donors (Lipinski definition) is 1. The molecule has 1 aliphatic heterocycles. The first-order chi connectivity index (χ1) is 16.3. The number of carbonyl (C=O) groups excluding carboxylic acids is 2. The summed E-state index contributed by atoms with van der Waals surface area (Å²) in [6.07, 6.45) is 2.00. The van der Waals surface area contributed by atoms with Crippen molar-refractivity contribution < 1.29 is 23.8 Å². The quantitative estimate of drug-likeness (QED) is 0.460. The number of esters is 1. The summed E-state index contributed by atoms with van der Waals surface area (Å²) in [4.78, 5) is 25.8. The molecule has 6 nitrogen and oxygen atoms in total. The lowest BCUT2D eigenvalue weighted by atomic mass is 9.75. The van der Waals surface area contributed by atoms with E-state index in [1.807, 2.05) is 31.2 Å². The Kier molecular flexibility index (Phi) is 7.33. The van der Waals surface area contributed by atoms with Gasteiger partial charge in [-0.25, -0.2) is 4.79 Å². The molecule has 0 radical (unpaired) electrons. The molecule has 2 aromatic carbocycles. The van der Waals surface area contributed by atoms with Gasteiger partial charge in [0.15, 0.2) is 5.78 Å². The summed E-state index contributed by atoms with van der Waals surface area (Å²) in [5.74, 6) is 0.226. The van der Waals surface area contributed by atoms with Gasteiger partial charge >= 0.3 is 5.97 Å². The predicted octanol–water partition coefficient (Wildman–Crippen LogP) is 5.83. The fourth-order valence-corrected chi connectivity index (χ4v) is 5.26. The Morgan fingerprint density at radius 2 is 1.91 bits per heavy atom. The topological polar surface area (TPSA) is 73.9 Å². The molecule has 0 saturated heterocycles. The number of dihydropyridines is 1. The lowest BCUT2D eigenvalue weighted by Crippen LogP contribution is -2.34. The number of ether oxygens (including phenoxy) is 3. The van der Waals surface area contributed by atoms with E-state index in [-0.39, 0.29) is 12.4 Å². The first kappa shape index (κ1) is 24.4. The minimum atomic E-state index is -0.530. The monoisotopic (exact) mass is 545 g/mol. The van der Waals surface area contributed by atoms with Crippen LogP contribution in [0.15, 0.2) is 63.4 Å². The number of rotatable bonds is 6.